The molecule has 0 bridgehead atoms. The van der Waals surface area contributed by atoms with Crippen molar-refractivity contribution >= 4 is 45.0 Å². The van der Waals surface area contributed by atoms with Crippen molar-refractivity contribution in [3.05, 3.63) is 81.5 Å². The second-order valence-electron chi connectivity index (χ2n) is 8.74. The lowest BCUT2D eigenvalue weighted by molar-refractivity contribution is 0.195. The molecule has 0 aliphatic heterocycles. The van der Waals surface area contributed by atoms with Gasteiger partial charge in [-0.3, -0.25) is 4.90 Å². The van der Waals surface area contributed by atoms with Gasteiger partial charge in [0.2, 0.25) is 0 Å². The fourth-order valence-electron chi connectivity index (χ4n) is 3.66. The highest BCUT2D eigenvalue weighted by Crippen LogP contribution is 2.42. The number of pyridine rings is 1. The molecule has 1 atom stereocenters. The first kappa shape index (κ1) is 27.6. The highest BCUT2D eigenvalue weighted by atomic mass is 35.5. The molecule has 0 saturated carbocycles. The van der Waals surface area contributed by atoms with Crippen LogP contribution in [0.2, 0.25) is 10.0 Å². The number of benzene rings is 2. The van der Waals surface area contributed by atoms with Crippen LogP contribution in [0.3, 0.4) is 0 Å². The fourth-order valence-corrected chi connectivity index (χ4v) is 5.98. The van der Waals surface area contributed by atoms with Crippen LogP contribution in [-0.2, 0) is 9.84 Å². The largest absolute Gasteiger partial charge is 0.495 e. The summed E-state index contributed by atoms with van der Waals surface area (Å²) in [5, 5.41) is 7.85. The fraction of sp³-hybridized carbons (Fsp3) is 0.250. The van der Waals surface area contributed by atoms with E-state index >= 15 is 4.39 Å². The molecule has 1 N–H and O–H groups in total. The third-order valence-electron chi connectivity index (χ3n) is 5.25. The molecule has 3 rings (SSSR count). The minimum absolute atomic E-state index is 0.0440. The number of anilines is 1. The number of nitrogens with zero attached hydrogens (tertiary/aromatic N) is 2. The lowest BCUT2D eigenvalue weighted by Gasteiger charge is -2.32. The monoisotopic (exact) mass is 558 g/mol. The summed E-state index contributed by atoms with van der Waals surface area (Å²) in [6.07, 6.45) is -0.294. The molecule has 0 aliphatic carbocycles. The summed E-state index contributed by atoms with van der Waals surface area (Å²) in [7, 11) is -3.25. The van der Waals surface area contributed by atoms with Gasteiger partial charge < -0.3 is 9.84 Å². The first-order chi connectivity index (χ1) is 16.7. The molecule has 0 spiro atoms. The molecule has 0 aliphatic rings. The zero-order chi connectivity index (χ0) is 27.0. The Morgan fingerprint density at radius 1 is 1.06 bits per heavy atom. The number of hydrogen-bond donors (Lipinski definition) is 1. The van der Waals surface area contributed by atoms with Crippen LogP contribution in [0.15, 0.2) is 53.6 Å². The van der Waals surface area contributed by atoms with Crippen LogP contribution in [0.5, 0.6) is 5.75 Å². The molecule has 7 nitrogen and oxygen atoms in total. The molecule has 2 aromatic carbocycles. The number of carboxylic acid groups (broad SMARTS) is 1. The Morgan fingerprint density at radius 3 is 2.31 bits per heavy atom. The molecule has 3 aromatic rings. The normalized spacial score (nSPS) is 12.8. The Hall–Kier alpha value is -2.95. The Labute approximate surface area is 217 Å². The van der Waals surface area contributed by atoms with Gasteiger partial charge in [0, 0.05) is 23.4 Å². The maximum Gasteiger partial charge on any atom is 0.413 e. The van der Waals surface area contributed by atoms with Crippen molar-refractivity contribution in [2.24, 2.45) is 0 Å². The predicted molar refractivity (Wildman–Crippen MR) is 133 cm³/mol. The summed E-state index contributed by atoms with van der Waals surface area (Å²) in [6, 6.07) is 7.16. The Balaban J connectivity index is 2.37. The number of amides is 1. The van der Waals surface area contributed by atoms with Gasteiger partial charge in [-0.2, -0.15) is 0 Å². The zero-order valence-electron chi connectivity index (χ0n) is 19.6. The summed E-state index contributed by atoms with van der Waals surface area (Å²) in [4.78, 5) is 16.6. The van der Waals surface area contributed by atoms with Gasteiger partial charge in [0.1, 0.15) is 28.5 Å². The van der Waals surface area contributed by atoms with E-state index in [1.165, 1.54) is 19.2 Å². The van der Waals surface area contributed by atoms with Crippen molar-refractivity contribution in [3.8, 4) is 5.75 Å². The third-order valence-corrected chi connectivity index (χ3v) is 7.91. The third kappa shape index (κ3) is 5.40. The van der Waals surface area contributed by atoms with Gasteiger partial charge in [0.05, 0.1) is 22.1 Å². The molecular weight excluding hydrogens is 537 g/mol. The number of carbonyl (C=O) groups is 1. The van der Waals surface area contributed by atoms with Crippen molar-refractivity contribution in [3.63, 3.8) is 0 Å². The molecule has 1 aromatic heterocycles. The molecule has 1 unspecified atom stereocenters. The van der Waals surface area contributed by atoms with Crippen LogP contribution >= 0.6 is 23.2 Å². The van der Waals surface area contributed by atoms with Crippen LogP contribution in [-0.4, -0.2) is 37.3 Å². The van der Waals surface area contributed by atoms with Gasteiger partial charge in [0.15, 0.2) is 9.84 Å². The Kier molecular flexibility index (Phi) is 7.83. The Bertz CT molecular complexity index is 1430. The van der Waals surface area contributed by atoms with Gasteiger partial charge in [-0.1, -0.05) is 23.2 Å². The average Bonchev–Trinajstić information content (AvgIpc) is 2.77. The molecule has 192 valence electrons. The number of hydrogen-bond acceptors (Lipinski definition) is 5. The van der Waals surface area contributed by atoms with E-state index in [4.69, 9.17) is 27.9 Å². The maximum absolute atomic E-state index is 15.0. The summed E-state index contributed by atoms with van der Waals surface area (Å²) in [5.41, 5.74) is -1.71. The number of rotatable bonds is 6. The van der Waals surface area contributed by atoms with Crippen molar-refractivity contribution in [2.75, 3.05) is 12.0 Å². The van der Waals surface area contributed by atoms with Gasteiger partial charge in [-0.15, -0.1) is 0 Å². The highest BCUT2D eigenvalue weighted by molar-refractivity contribution is 7.92. The number of aromatic nitrogens is 1. The van der Waals surface area contributed by atoms with Gasteiger partial charge in [-0.05, 0) is 62.7 Å². The maximum atomic E-state index is 15.0. The molecule has 0 fully saturated rings. The summed E-state index contributed by atoms with van der Waals surface area (Å²) in [6.45, 7) is 4.83. The topological polar surface area (TPSA) is 96.8 Å². The number of sulfone groups is 1. The molecule has 1 heterocycles. The van der Waals surface area contributed by atoms with E-state index in [-0.39, 0.29) is 32.1 Å². The molecule has 0 saturated heterocycles. The van der Waals surface area contributed by atoms with Crippen LogP contribution in [0.4, 0.5) is 19.4 Å². The standard InChI is InChI=1S/C24H22Cl2F2N2O5S/c1-24(2,3)30(23(31)32)21-11-15(18(26)12-29-21)22(16-9-13(27)5-8-19(16)28)36(33,34)14-6-7-17(25)20(10-14)35-4/h5-12,22H,1-4H3,(H,31,32). The van der Waals surface area contributed by atoms with Crippen molar-refractivity contribution in [1.82, 2.24) is 4.98 Å². The number of ether oxygens (including phenoxy) is 1. The van der Waals surface area contributed by atoms with Crippen LogP contribution in [0.25, 0.3) is 0 Å². The van der Waals surface area contributed by atoms with Crippen LogP contribution < -0.4 is 9.64 Å². The minimum atomic E-state index is -4.54. The molecule has 12 heteroatoms. The van der Waals surface area contributed by atoms with E-state index in [0.717, 1.165) is 41.4 Å². The molecule has 36 heavy (non-hydrogen) atoms. The van der Waals surface area contributed by atoms with Crippen molar-refractivity contribution in [1.29, 1.82) is 0 Å². The number of halogens is 4. The first-order valence-corrected chi connectivity index (χ1v) is 12.7. The van der Waals surface area contributed by atoms with Crippen molar-refractivity contribution in [2.45, 2.75) is 36.5 Å². The predicted octanol–water partition coefficient (Wildman–Crippen LogP) is 6.52. The second kappa shape index (κ2) is 10.2. The van der Waals surface area contributed by atoms with E-state index in [2.05, 4.69) is 4.98 Å². The minimum Gasteiger partial charge on any atom is -0.495 e. The summed E-state index contributed by atoms with van der Waals surface area (Å²) in [5.74, 6) is -2.00. The smallest absolute Gasteiger partial charge is 0.413 e. The highest BCUT2D eigenvalue weighted by Gasteiger charge is 2.37. The van der Waals surface area contributed by atoms with Crippen LogP contribution in [0.1, 0.15) is 37.1 Å². The van der Waals surface area contributed by atoms with Crippen molar-refractivity contribution < 1.29 is 31.8 Å². The van der Waals surface area contributed by atoms with E-state index < -0.39 is 43.9 Å². The average molecular weight is 559 g/mol. The quantitative estimate of drug-likeness (QED) is 0.369. The van der Waals surface area contributed by atoms with E-state index in [9.17, 15) is 22.7 Å². The van der Waals surface area contributed by atoms with Gasteiger partial charge >= 0.3 is 6.09 Å². The first-order valence-electron chi connectivity index (χ1n) is 10.4. The summed E-state index contributed by atoms with van der Waals surface area (Å²) >= 11 is 12.4. The summed E-state index contributed by atoms with van der Waals surface area (Å²) < 4.78 is 62.3. The molecule has 0 radical (unpaired) electrons. The SMILES string of the molecule is COc1cc(S(=O)(=O)C(c2cc(F)ccc2F)c2cc(N(C(=O)O)C(C)(C)C)ncc2Cl)ccc1Cl. The zero-order valence-corrected chi connectivity index (χ0v) is 21.9. The van der Waals surface area contributed by atoms with Gasteiger partial charge in [-0.25, -0.2) is 27.0 Å². The van der Waals surface area contributed by atoms with Crippen LogP contribution in [0, 0.1) is 11.6 Å². The van der Waals surface area contributed by atoms with E-state index in [1.54, 1.807) is 20.8 Å². The molecular formula is C24H22Cl2F2N2O5S. The van der Waals surface area contributed by atoms with Gasteiger partial charge in [0.25, 0.3) is 0 Å². The second-order valence-corrected chi connectivity index (χ2v) is 11.6. The van der Waals surface area contributed by atoms with E-state index in [0.29, 0.717) is 0 Å². The lowest BCUT2D eigenvalue weighted by atomic mass is 10.0. The molecule has 1 amide bonds. The lowest BCUT2D eigenvalue weighted by Crippen LogP contribution is -2.45. The number of methoxy groups -OCH3 is 1. The van der Waals surface area contributed by atoms with E-state index in [1.807, 2.05) is 0 Å². The Morgan fingerprint density at radius 2 is 1.72 bits per heavy atom.